The molecule has 0 aliphatic heterocycles. The molecule has 2 rings (SSSR count). The summed E-state index contributed by atoms with van der Waals surface area (Å²) in [4.78, 5) is 14.8. The topological polar surface area (TPSA) is 69.2 Å². The van der Waals surface area contributed by atoms with Gasteiger partial charge in [-0.1, -0.05) is 20.8 Å². The van der Waals surface area contributed by atoms with Crippen molar-refractivity contribution in [2.45, 2.75) is 33.1 Å². The van der Waals surface area contributed by atoms with Gasteiger partial charge in [-0.2, -0.15) is 0 Å². The van der Waals surface area contributed by atoms with Crippen LogP contribution in [0, 0.1) is 17.0 Å². The van der Waals surface area contributed by atoms with Crippen molar-refractivity contribution < 1.29 is 9.34 Å². The monoisotopic (exact) mass is 234 g/mol. The third-order valence-electron chi connectivity index (χ3n) is 2.64. The van der Waals surface area contributed by atoms with Gasteiger partial charge in [0, 0.05) is 13.0 Å². The van der Waals surface area contributed by atoms with Gasteiger partial charge in [-0.25, -0.2) is 4.98 Å². The molecule has 0 aliphatic rings. The van der Waals surface area contributed by atoms with Gasteiger partial charge in [0.2, 0.25) is 5.58 Å². The quantitative estimate of drug-likeness (QED) is 0.560. The van der Waals surface area contributed by atoms with Gasteiger partial charge in [-0.3, -0.25) is 10.1 Å². The van der Waals surface area contributed by atoms with Crippen LogP contribution in [0.4, 0.5) is 5.69 Å². The lowest BCUT2D eigenvalue weighted by Crippen LogP contribution is -2.11. The lowest BCUT2D eigenvalue weighted by Gasteiger charge is -2.18. The standard InChI is InChI=1S/C12H14N2O3/c1-7-13-9-5-8(12(2,3)4)6-10(14(15)16)11(9)17-7/h5-6H,1-4H3. The fraction of sp³-hybridized carbons (Fsp3) is 0.417. The minimum Gasteiger partial charge on any atom is -0.434 e. The van der Waals surface area contributed by atoms with E-state index in [0.717, 1.165) is 5.56 Å². The maximum Gasteiger partial charge on any atom is 0.314 e. The van der Waals surface area contributed by atoms with Crippen molar-refractivity contribution in [3.63, 3.8) is 0 Å². The van der Waals surface area contributed by atoms with Crippen molar-refractivity contribution in [1.82, 2.24) is 4.98 Å². The molecular weight excluding hydrogens is 220 g/mol. The fourth-order valence-corrected chi connectivity index (χ4v) is 1.69. The second kappa shape index (κ2) is 3.55. The molecule has 0 fully saturated rings. The second-order valence-electron chi connectivity index (χ2n) is 5.08. The van der Waals surface area contributed by atoms with Gasteiger partial charge in [0.15, 0.2) is 5.89 Å². The zero-order valence-electron chi connectivity index (χ0n) is 10.3. The number of hydrogen-bond donors (Lipinski definition) is 0. The summed E-state index contributed by atoms with van der Waals surface area (Å²) in [6, 6.07) is 3.41. The van der Waals surface area contributed by atoms with Crippen molar-refractivity contribution in [3.8, 4) is 0 Å². The molecule has 2 aromatic rings. The van der Waals surface area contributed by atoms with Gasteiger partial charge in [0.25, 0.3) is 0 Å². The maximum atomic E-state index is 11.0. The summed E-state index contributed by atoms with van der Waals surface area (Å²) in [5.41, 5.74) is 1.49. The Morgan fingerprint density at radius 1 is 1.35 bits per heavy atom. The third kappa shape index (κ3) is 2.00. The molecule has 0 spiro atoms. The number of aryl methyl sites for hydroxylation is 1. The van der Waals surface area contributed by atoms with Gasteiger partial charge in [0.1, 0.15) is 5.52 Å². The first-order chi connectivity index (χ1) is 7.79. The molecule has 0 atom stereocenters. The van der Waals surface area contributed by atoms with Crippen LogP contribution in [-0.4, -0.2) is 9.91 Å². The van der Waals surface area contributed by atoms with Crippen molar-refractivity contribution in [3.05, 3.63) is 33.7 Å². The highest BCUT2D eigenvalue weighted by Gasteiger charge is 2.23. The number of benzene rings is 1. The van der Waals surface area contributed by atoms with Crippen molar-refractivity contribution in [2.24, 2.45) is 0 Å². The summed E-state index contributed by atoms with van der Waals surface area (Å²) < 4.78 is 5.28. The number of fused-ring (bicyclic) bond motifs is 1. The van der Waals surface area contributed by atoms with E-state index in [0.29, 0.717) is 11.4 Å². The molecule has 0 aliphatic carbocycles. The molecule has 1 aromatic carbocycles. The summed E-state index contributed by atoms with van der Waals surface area (Å²) in [7, 11) is 0. The van der Waals surface area contributed by atoms with Crippen LogP contribution in [0.3, 0.4) is 0 Å². The summed E-state index contributed by atoms with van der Waals surface area (Å²) >= 11 is 0. The summed E-state index contributed by atoms with van der Waals surface area (Å²) in [5.74, 6) is 0.439. The van der Waals surface area contributed by atoms with E-state index in [9.17, 15) is 10.1 Å². The number of hydrogen-bond acceptors (Lipinski definition) is 4. The fourth-order valence-electron chi connectivity index (χ4n) is 1.69. The van der Waals surface area contributed by atoms with Crippen molar-refractivity contribution in [1.29, 1.82) is 0 Å². The van der Waals surface area contributed by atoms with E-state index in [1.54, 1.807) is 13.0 Å². The van der Waals surface area contributed by atoms with Crippen LogP contribution in [0.5, 0.6) is 0 Å². The average Bonchev–Trinajstić information content (AvgIpc) is 2.54. The molecule has 5 heteroatoms. The molecule has 1 aromatic heterocycles. The minimum atomic E-state index is -0.428. The van der Waals surface area contributed by atoms with Gasteiger partial charge in [-0.15, -0.1) is 0 Å². The highest BCUT2D eigenvalue weighted by molar-refractivity contribution is 5.83. The number of aromatic nitrogens is 1. The molecule has 0 saturated carbocycles. The molecule has 0 saturated heterocycles. The van der Waals surface area contributed by atoms with Crippen LogP contribution in [0.15, 0.2) is 16.5 Å². The van der Waals surface area contributed by atoms with Gasteiger partial charge < -0.3 is 4.42 Å². The summed E-state index contributed by atoms with van der Waals surface area (Å²) in [6.07, 6.45) is 0. The Kier molecular flexibility index (Phi) is 2.41. The molecule has 0 radical (unpaired) electrons. The van der Waals surface area contributed by atoms with E-state index in [4.69, 9.17) is 4.42 Å². The largest absolute Gasteiger partial charge is 0.434 e. The average molecular weight is 234 g/mol. The van der Waals surface area contributed by atoms with Crippen LogP contribution < -0.4 is 0 Å². The zero-order valence-corrected chi connectivity index (χ0v) is 10.3. The molecule has 0 amide bonds. The first kappa shape index (κ1) is 11.6. The third-order valence-corrected chi connectivity index (χ3v) is 2.64. The van der Waals surface area contributed by atoms with Crippen LogP contribution in [-0.2, 0) is 5.41 Å². The van der Waals surface area contributed by atoms with E-state index < -0.39 is 4.92 Å². The SMILES string of the molecule is Cc1nc2cc(C(C)(C)C)cc([N+](=O)[O-])c2o1. The molecule has 17 heavy (non-hydrogen) atoms. The van der Waals surface area contributed by atoms with E-state index in [1.807, 2.05) is 26.8 Å². The Balaban J connectivity index is 2.80. The van der Waals surface area contributed by atoms with Crippen LogP contribution in [0.1, 0.15) is 32.2 Å². The summed E-state index contributed by atoms with van der Waals surface area (Å²) in [5, 5.41) is 11.0. The lowest BCUT2D eigenvalue weighted by atomic mass is 9.86. The number of nitro benzene ring substituents is 1. The number of non-ortho nitro benzene ring substituents is 1. The van der Waals surface area contributed by atoms with E-state index in [2.05, 4.69) is 4.98 Å². The van der Waals surface area contributed by atoms with Crippen LogP contribution in [0.25, 0.3) is 11.1 Å². The van der Waals surface area contributed by atoms with Gasteiger partial charge in [-0.05, 0) is 17.0 Å². The Bertz CT molecular complexity index is 594. The Labute approximate surface area is 98.6 Å². The number of nitrogens with zero attached hydrogens (tertiary/aromatic N) is 2. The highest BCUT2D eigenvalue weighted by atomic mass is 16.6. The van der Waals surface area contributed by atoms with E-state index >= 15 is 0 Å². The van der Waals surface area contributed by atoms with Crippen molar-refractivity contribution >= 4 is 16.8 Å². The molecule has 0 unspecified atom stereocenters. The highest BCUT2D eigenvalue weighted by Crippen LogP contribution is 2.33. The van der Waals surface area contributed by atoms with E-state index in [-0.39, 0.29) is 16.7 Å². The predicted molar refractivity (Wildman–Crippen MR) is 64.1 cm³/mol. The van der Waals surface area contributed by atoms with E-state index in [1.165, 1.54) is 0 Å². The maximum absolute atomic E-state index is 11.0. The zero-order chi connectivity index (χ0) is 12.8. The molecular formula is C12H14N2O3. The number of nitro groups is 1. The predicted octanol–water partition coefficient (Wildman–Crippen LogP) is 3.34. The molecule has 90 valence electrons. The van der Waals surface area contributed by atoms with Gasteiger partial charge in [0.05, 0.1) is 4.92 Å². The normalized spacial score (nSPS) is 12.0. The van der Waals surface area contributed by atoms with Gasteiger partial charge >= 0.3 is 5.69 Å². The summed E-state index contributed by atoms with van der Waals surface area (Å²) in [6.45, 7) is 7.70. The van der Waals surface area contributed by atoms with Crippen LogP contribution in [0.2, 0.25) is 0 Å². The first-order valence-corrected chi connectivity index (χ1v) is 5.35. The van der Waals surface area contributed by atoms with Crippen LogP contribution >= 0.6 is 0 Å². The first-order valence-electron chi connectivity index (χ1n) is 5.35. The number of rotatable bonds is 1. The number of oxazole rings is 1. The Hall–Kier alpha value is -1.91. The minimum absolute atomic E-state index is 0.0203. The van der Waals surface area contributed by atoms with Crippen molar-refractivity contribution in [2.75, 3.05) is 0 Å². The molecule has 0 bridgehead atoms. The Morgan fingerprint density at radius 3 is 2.53 bits per heavy atom. The Morgan fingerprint density at radius 2 is 2.00 bits per heavy atom. The molecule has 5 nitrogen and oxygen atoms in total. The lowest BCUT2D eigenvalue weighted by molar-refractivity contribution is -0.383. The smallest absolute Gasteiger partial charge is 0.314 e. The second-order valence-corrected chi connectivity index (χ2v) is 5.08. The molecule has 1 heterocycles. The molecule has 0 N–H and O–H groups in total.